The molecule has 0 bridgehead atoms. The number of rotatable bonds is 4. The van der Waals surface area contributed by atoms with E-state index < -0.39 is 18.8 Å². The molecule has 96 valence electrons. The average Bonchev–Trinajstić information content (AvgIpc) is 2.18. The van der Waals surface area contributed by atoms with Crippen molar-refractivity contribution in [2.75, 3.05) is 18.5 Å². The number of nitrogens with one attached hydrogen (secondary N) is 1. The number of anilines is 1. The first-order chi connectivity index (χ1) is 7.79. The standard InChI is InChI=1S/C10H10BrF4NO/c1-6-4-7(11)8(12)5-9(6)16-2-3-17-10(13,14)15/h4-5,16H,2-3H2,1H3. The zero-order valence-corrected chi connectivity index (χ0v) is 10.5. The molecule has 7 heteroatoms. The lowest BCUT2D eigenvalue weighted by atomic mass is 10.2. The molecule has 0 aliphatic heterocycles. The van der Waals surface area contributed by atoms with Crippen molar-refractivity contribution in [3.05, 3.63) is 28.0 Å². The van der Waals surface area contributed by atoms with Gasteiger partial charge in [-0.2, -0.15) is 0 Å². The van der Waals surface area contributed by atoms with Crippen molar-refractivity contribution in [1.82, 2.24) is 0 Å². The van der Waals surface area contributed by atoms with Crippen molar-refractivity contribution in [2.24, 2.45) is 0 Å². The molecular formula is C10H10BrF4NO. The van der Waals surface area contributed by atoms with E-state index in [1.807, 2.05) is 0 Å². The van der Waals surface area contributed by atoms with Crippen molar-refractivity contribution >= 4 is 21.6 Å². The van der Waals surface area contributed by atoms with E-state index in [2.05, 4.69) is 26.0 Å². The Kier molecular flexibility index (Phi) is 4.76. The van der Waals surface area contributed by atoms with E-state index in [0.29, 0.717) is 10.2 Å². The molecule has 1 N–H and O–H groups in total. The quantitative estimate of drug-likeness (QED) is 0.673. The maximum absolute atomic E-state index is 13.2. The lowest BCUT2D eigenvalue weighted by molar-refractivity contribution is -0.322. The van der Waals surface area contributed by atoms with Crippen LogP contribution in [-0.2, 0) is 4.74 Å². The Morgan fingerprint density at radius 3 is 2.59 bits per heavy atom. The number of benzene rings is 1. The normalized spacial score (nSPS) is 11.6. The lowest BCUT2D eigenvalue weighted by Crippen LogP contribution is -2.19. The molecule has 0 radical (unpaired) electrons. The van der Waals surface area contributed by atoms with Crippen LogP contribution in [0.5, 0.6) is 0 Å². The Hall–Kier alpha value is -0.820. The first kappa shape index (κ1) is 14.2. The molecule has 0 unspecified atom stereocenters. The zero-order valence-electron chi connectivity index (χ0n) is 8.87. The van der Waals surface area contributed by atoms with E-state index >= 15 is 0 Å². The number of halogens is 5. The van der Waals surface area contributed by atoms with Gasteiger partial charge in [-0.15, -0.1) is 13.2 Å². The Morgan fingerprint density at radius 2 is 2.00 bits per heavy atom. The summed E-state index contributed by atoms with van der Waals surface area (Å²) < 4.78 is 52.0. The molecule has 0 aliphatic carbocycles. The van der Waals surface area contributed by atoms with Crippen molar-refractivity contribution in [2.45, 2.75) is 13.3 Å². The third-order valence-electron chi connectivity index (χ3n) is 1.95. The highest BCUT2D eigenvalue weighted by molar-refractivity contribution is 9.10. The first-order valence-electron chi connectivity index (χ1n) is 4.70. The van der Waals surface area contributed by atoms with E-state index in [0.717, 1.165) is 5.56 Å². The van der Waals surface area contributed by atoms with E-state index in [9.17, 15) is 17.6 Å². The maximum atomic E-state index is 13.2. The monoisotopic (exact) mass is 315 g/mol. The summed E-state index contributed by atoms with van der Waals surface area (Å²) in [4.78, 5) is 0. The Bertz CT molecular complexity index is 395. The van der Waals surface area contributed by atoms with Crippen LogP contribution < -0.4 is 5.32 Å². The molecule has 0 fully saturated rings. The van der Waals surface area contributed by atoms with Gasteiger partial charge in [-0.25, -0.2) is 4.39 Å². The molecular weight excluding hydrogens is 306 g/mol. The van der Waals surface area contributed by atoms with Crippen molar-refractivity contribution < 1.29 is 22.3 Å². The van der Waals surface area contributed by atoms with Crippen LogP contribution in [0, 0.1) is 12.7 Å². The zero-order chi connectivity index (χ0) is 13.1. The number of aryl methyl sites for hydroxylation is 1. The smallest absolute Gasteiger partial charge is 0.382 e. The number of alkyl halides is 3. The minimum absolute atomic E-state index is 0.0541. The summed E-state index contributed by atoms with van der Waals surface area (Å²) in [5.41, 5.74) is 1.17. The molecule has 2 nitrogen and oxygen atoms in total. The van der Waals surface area contributed by atoms with Crippen LogP contribution in [0.2, 0.25) is 0 Å². The van der Waals surface area contributed by atoms with Gasteiger partial charge in [0.15, 0.2) is 0 Å². The molecule has 1 rings (SSSR count). The van der Waals surface area contributed by atoms with Crippen LogP contribution in [0.3, 0.4) is 0 Å². The van der Waals surface area contributed by atoms with Gasteiger partial charge in [-0.05, 0) is 40.5 Å². The van der Waals surface area contributed by atoms with E-state index in [4.69, 9.17) is 0 Å². The maximum Gasteiger partial charge on any atom is 0.522 e. The highest BCUT2D eigenvalue weighted by atomic mass is 79.9. The second-order valence-corrected chi connectivity index (χ2v) is 4.16. The van der Waals surface area contributed by atoms with Crippen LogP contribution in [0.1, 0.15) is 5.56 Å². The Balaban J connectivity index is 2.50. The average molecular weight is 316 g/mol. The van der Waals surface area contributed by atoms with Crippen LogP contribution in [-0.4, -0.2) is 19.5 Å². The minimum Gasteiger partial charge on any atom is -0.382 e. The predicted molar refractivity (Wildman–Crippen MR) is 59.3 cm³/mol. The topological polar surface area (TPSA) is 21.3 Å². The summed E-state index contributed by atoms with van der Waals surface area (Å²) in [6.45, 7) is 1.14. The molecule has 17 heavy (non-hydrogen) atoms. The molecule has 0 saturated carbocycles. The summed E-state index contributed by atoms with van der Waals surface area (Å²) in [5, 5.41) is 2.67. The molecule has 0 spiro atoms. The van der Waals surface area contributed by atoms with Crippen molar-refractivity contribution in [1.29, 1.82) is 0 Å². The molecule has 0 aromatic heterocycles. The van der Waals surface area contributed by atoms with Crippen LogP contribution >= 0.6 is 15.9 Å². The first-order valence-corrected chi connectivity index (χ1v) is 5.49. The van der Waals surface area contributed by atoms with Crippen molar-refractivity contribution in [3.63, 3.8) is 0 Å². The number of hydrogen-bond donors (Lipinski definition) is 1. The van der Waals surface area contributed by atoms with Gasteiger partial charge in [-0.1, -0.05) is 0 Å². The second kappa shape index (κ2) is 5.68. The fraction of sp³-hybridized carbons (Fsp3) is 0.400. The van der Waals surface area contributed by atoms with Gasteiger partial charge in [0.05, 0.1) is 11.1 Å². The van der Waals surface area contributed by atoms with Gasteiger partial charge in [-0.3, -0.25) is 4.74 Å². The lowest BCUT2D eigenvalue weighted by Gasteiger charge is -2.11. The molecule has 0 atom stereocenters. The fourth-order valence-corrected chi connectivity index (χ4v) is 1.65. The van der Waals surface area contributed by atoms with Gasteiger partial charge in [0.25, 0.3) is 0 Å². The third kappa shape index (κ3) is 4.91. The minimum atomic E-state index is -4.64. The van der Waals surface area contributed by atoms with Gasteiger partial charge in [0.2, 0.25) is 0 Å². The molecule has 1 aromatic rings. The van der Waals surface area contributed by atoms with Crippen LogP contribution in [0.25, 0.3) is 0 Å². The molecule has 1 aromatic carbocycles. The van der Waals surface area contributed by atoms with E-state index in [1.54, 1.807) is 13.0 Å². The highest BCUT2D eigenvalue weighted by Crippen LogP contribution is 2.24. The van der Waals surface area contributed by atoms with Crippen LogP contribution in [0.4, 0.5) is 23.2 Å². The summed E-state index contributed by atoms with van der Waals surface area (Å²) in [6, 6.07) is 2.76. The molecule has 0 heterocycles. The number of ether oxygens (including phenoxy) is 1. The molecule has 0 saturated heterocycles. The van der Waals surface area contributed by atoms with E-state index in [-0.39, 0.29) is 6.54 Å². The third-order valence-corrected chi connectivity index (χ3v) is 2.56. The number of hydrogen-bond acceptors (Lipinski definition) is 2. The van der Waals surface area contributed by atoms with Crippen LogP contribution in [0.15, 0.2) is 16.6 Å². The summed E-state index contributed by atoms with van der Waals surface area (Å²) in [7, 11) is 0. The SMILES string of the molecule is Cc1cc(Br)c(F)cc1NCCOC(F)(F)F. The largest absolute Gasteiger partial charge is 0.522 e. The van der Waals surface area contributed by atoms with Gasteiger partial charge >= 0.3 is 6.36 Å². The van der Waals surface area contributed by atoms with Gasteiger partial charge in [0, 0.05) is 12.2 Å². The Morgan fingerprint density at radius 1 is 1.35 bits per heavy atom. The summed E-state index contributed by atoms with van der Waals surface area (Å²) in [6.07, 6.45) is -4.64. The summed E-state index contributed by atoms with van der Waals surface area (Å²) >= 11 is 3.01. The van der Waals surface area contributed by atoms with Crippen molar-refractivity contribution in [3.8, 4) is 0 Å². The molecule has 0 amide bonds. The fourth-order valence-electron chi connectivity index (χ4n) is 1.19. The van der Waals surface area contributed by atoms with Gasteiger partial charge in [0.1, 0.15) is 5.82 Å². The predicted octanol–water partition coefficient (Wildman–Crippen LogP) is 3.84. The second-order valence-electron chi connectivity index (χ2n) is 3.30. The molecule has 0 aliphatic rings. The Labute approximate surface area is 104 Å². The van der Waals surface area contributed by atoms with E-state index in [1.165, 1.54) is 6.07 Å². The van der Waals surface area contributed by atoms with Gasteiger partial charge < -0.3 is 5.32 Å². The summed E-state index contributed by atoms with van der Waals surface area (Å²) in [5.74, 6) is -0.477. The highest BCUT2D eigenvalue weighted by Gasteiger charge is 2.28.